The largest absolute Gasteiger partial charge is 0.483 e. The third kappa shape index (κ3) is 3.16. The minimum absolute atomic E-state index is 0.135. The summed E-state index contributed by atoms with van der Waals surface area (Å²) in [6.07, 6.45) is -3.32. The van der Waals surface area contributed by atoms with Gasteiger partial charge in [0, 0.05) is 10.7 Å². The molecule has 142 valence electrons. The predicted molar refractivity (Wildman–Crippen MR) is 88.9 cm³/mol. The highest BCUT2D eigenvalue weighted by Gasteiger charge is 2.68. The van der Waals surface area contributed by atoms with Gasteiger partial charge < -0.3 is 9.84 Å². The third-order valence-electron chi connectivity index (χ3n) is 4.76. The predicted octanol–water partition coefficient (Wildman–Crippen LogP) is 3.67. The van der Waals surface area contributed by atoms with E-state index in [0.717, 1.165) is 0 Å². The van der Waals surface area contributed by atoms with Crippen LogP contribution in [0, 0.1) is 12.8 Å². The number of aryl methyl sites for hydroxylation is 1. The summed E-state index contributed by atoms with van der Waals surface area (Å²) >= 11 is 5.83. The zero-order chi connectivity index (χ0) is 19.1. The average molecular weight is 391 g/mol. The minimum atomic E-state index is -5.02. The van der Waals surface area contributed by atoms with Crippen molar-refractivity contribution in [2.45, 2.75) is 44.5 Å². The van der Waals surface area contributed by atoms with Crippen molar-refractivity contribution in [2.24, 2.45) is 11.0 Å². The van der Waals surface area contributed by atoms with Crippen molar-refractivity contribution in [3.63, 3.8) is 0 Å². The van der Waals surface area contributed by atoms with Crippen molar-refractivity contribution in [1.82, 2.24) is 5.01 Å². The maximum Gasteiger partial charge on any atom is 0.439 e. The van der Waals surface area contributed by atoms with Crippen LogP contribution in [-0.2, 0) is 4.79 Å². The van der Waals surface area contributed by atoms with Gasteiger partial charge in [0.25, 0.3) is 11.6 Å². The first kappa shape index (κ1) is 19.0. The first-order valence-electron chi connectivity index (χ1n) is 8.23. The van der Waals surface area contributed by atoms with Gasteiger partial charge in [-0.25, -0.2) is 0 Å². The lowest BCUT2D eigenvalue weighted by molar-refractivity contribution is -0.317. The van der Waals surface area contributed by atoms with Gasteiger partial charge in [0.15, 0.2) is 6.61 Å². The Kier molecular flexibility index (Phi) is 4.92. The number of rotatable bonds is 3. The summed E-state index contributed by atoms with van der Waals surface area (Å²) in [5, 5.41) is 14.9. The maximum atomic E-state index is 13.6. The van der Waals surface area contributed by atoms with E-state index < -0.39 is 30.3 Å². The number of ether oxygens (including phenoxy) is 1. The molecule has 0 saturated heterocycles. The molecule has 1 heterocycles. The van der Waals surface area contributed by atoms with E-state index in [4.69, 9.17) is 16.3 Å². The summed E-state index contributed by atoms with van der Waals surface area (Å²) in [4.78, 5) is 12.4. The monoisotopic (exact) mass is 390 g/mol. The number of alkyl halides is 3. The standard InChI is InChI=1S/C17H18ClF3N2O3/c1-10-8-11(18)6-7-14(10)26-9-15(24)23-16(25,17(19,20)21)12-4-2-3-5-13(12)22-23/h6-8,12,25H,2-5,9H2,1H3/t12-,16-/m1/s1. The van der Waals surface area contributed by atoms with Crippen LogP contribution >= 0.6 is 11.6 Å². The minimum Gasteiger partial charge on any atom is -0.483 e. The number of hydrogen-bond acceptors (Lipinski definition) is 4. The summed E-state index contributed by atoms with van der Waals surface area (Å²) < 4.78 is 46.2. The molecule has 0 aromatic heterocycles. The number of aliphatic hydroxyl groups is 1. The number of halogens is 4. The lowest BCUT2D eigenvalue weighted by atomic mass is 9.80. The second-order valence-electron chi connectivity index (χ2n) is 6.52. The van der Waals surface area contributed by atoms with E-state index in [0.29, 0.717) is 35.6 Å². The number of fused-ring (bicyclic) bond motifs is 1. The van der Waals surface area contributed by atoms with E-state index in [-0.39, 0.29) is 17.1 Å². The Morgan fingerprint density at radius 3 is 2.85 bits per heavy atom. The molecule has 9 heteroatoms. The Bertz CT molecular complexity index is 753. The molecule has 0 unspecified atom stereocenters. The molecule has 26 heavy (non-hydrogen) atoms. The lowest BCUT2D eigenvalue weighted by Crippen LogP contribution is -2.62. The number of carbonyl (C=O) groups excluding carboxylic acids is 1. The second kappa shape index (κ2) is 6.74. The highest BCUT2D eigenvalue weighted by molar-refractivity contribution is 6.30. The van der Waals surface area contributed by atoms with Crippen LogP contribution in [0.3, 0.4) is 0 Å². The fourth-order valence-electron chi connectivity index (χ4n) is 3.44. The van der Waals surface area contributed by atoms with Crippen molar-refractivity contribution in [2.75, 3.05) is 6.61 Å². The lowest BCUT2D eigenvalue weighted by Gasteiger charge is -2.38. The second-order valence-corrected chi connectivity index (χ2v) is 6.95. The number of amides is 1. The normalized spacial score (nSPS) is 25.7. The van der Waals surface area contributed by atoms with Crippen molar-refractivity contribution in [1.29, 1.82) is 0 Å². The van der Waals surface area contributed by atoms with Crippen molar-refractivity contribution < 1.29 is 27.8 Å². The van der Waals surface area contributed by atoms with E-state index in [1.807, 2.05) is 0 Å². The summed E-state index contributed by atoms with van der Waals surface area (Å²) in [7, 11) is 0. The molecule has 2 aliphatic rings. The molecule has 3 rings (SSSR count). The van der Waals surface area contributed by atoms with E-state index in [9.17, 15) is 23.1 Å². The SMILES string of the molecule is Cc1cc(Cl)ccc1OCC(=O)N1N=C2CCCC[C@H]2[C@@]1(O)C(F)(F)F. The van der Waals surface area contributed by atoms with E-state index in [1.54, 1.807) is 19.1 Å². The molecule has 1 amide bonds. The van der Waals surface area contributed by atoms with Crippen molar-refractivity contribution in [3.05, 3.63) is 28.8 Å². The Morgan fingerprint density at radius 2 is 2.19 bits per heavy atom. The first-order valence-corrected chi connectivity index (χ1v) is 8.61. The van der Waals surface area contributed by atoms with Crippen LogP contribution in [0.15, 0.2) is 23.3 Å². The highest BCUT2D eigenvalue weighted by atomic mass is 35.5. The number of hydrogen-bond donors (Lipinski definition) is 1. The van der Waals surface area contributed by atoms with Crippen LogP contribution in [0.5, 0.6) is 5.75 Å². The van der Waals surface area contributed by atoms with Gasteiger partial charge in [0.1, 0.15) is 5.75 Å². The van der Waals surface area contributed by atoms with Crippen molar-refractivity contribution >= 4 is 23.2 Å². The summed E-state index contributed by atoms with van der Waals surface area (Å²) in [5.41, 5.74) is -2.47. The zero-order valence-electron chi connectivity index (χ0n) is 14.0. The van der Waals surface area contributed by atoms with Crippen LogP contribution in [-0.4, -0.2) is 40.2 Å². The van der Waals surface area contributed by atoms with Gasteiger partial charge in [0.2, 0.25) is 0 Å². The first-order chi connectivity index (χ1) is 12.1. The average Bonchev–Trinajstić information content (AvgIpc) is 2.88. The fourth-order valence-corrected chi connectivity index (χ4v) is 3.67. The molecular weight excluding hydrogens is 373 g/mol. The Labute approximate surface area is 153 Å². The molecule has 1 N–H and O–H groups in total. The molecule has 1 aromatic carbocycles. The van der Waals surface area contributed by atoms with Crippen molar-refractivity contribution in [3.8, 4) is 5.75 Å². The molecule has 5 nitrogen and oxygen atoms in total. The van der Waals surface area contributed by atoms with Gasteiger partial charge >= 0.3 is 6.18 Å². The van der Waals surface area contributed by atoms with Gasteiger partial charge in [-0.3, -0.25) is 4.79 Å². The van der Waals surface area contributed by atoms with Gasteiger partial charge in [-0.05, 0) is 49.9 Å². The zero-order valence-corrected chi connectivity index (χ0v) is 14.8. The number of nitrogens with zero attached hydrogens (tertiary/aromatic N) is 2. The molecule has 0 radical (unpaired) electrons. The Morgan fingerprint density at radius 1 is 1.46 bits per heavy atom. The van der Waals surface area contributed by atoms with Crippen LogP contribution < -0.4 is 4.74 Å². The number of benzene rings is 1. The van der Waals surface area contributed by atoms with Crippen LogP contribution in [0.25, 0.3) is 0 Å². The van der Waals surface area contributed by atoms with Crippen LogP contribution in [0.4, 0.5) is 13.2 Å². The Balaban J connectivity index is 1.81. The van der Waals surface area contributed by atoms with E-state index >= 15 is 0 Å². The van der Waals surface area contributed by atoms with Crippen LogP contribution in [0.1, 0.15) is 31.2 Å². The molecule has 1 fully saturated rings. The van der Waals surface area contributed by atoms with E-state index in [2.05, 4.69) is 5.10 Å². The van der Waals surface area contributed by atoms with Gasteiger partial charge in [0.05, 0.1) is 5.92 Å². The van der Waals surface area contributed by atoms with Gasteiger partial charge in [-0.15, -0.1) is 0 Å². The van der Waals surface area contributed by atoms with Crippen LogP contribution in [0.2, 0.25) is 5.02 Å². The highest BCUT2D eigenvalue weighted by Crippen LogP contribution is 2.48. The molecule has 2 atom stereocenters. The number of carbonyl (C=O) groups is 1. The van der Waals surface area contributed by atoms with Gasteiger partial charge in [-0.1, -0.05) is 18.0 Å². The molecular formula is C17H18ClF3N2O3. The fraction of sp³-hybridized carbons (Fsp3) is 0.529. The Hall–Kier alpha value is -1.80. The molecule has 0 bridgehead atoms. The smallest absolute Gasteiger partial charge is 0.439 e. The molecule has 1 saturated carbocycles. The third-order valence-corrected chi connectivity index (χ3v) is 4.99. The summed E-state index contributed by atoms with van der Waals surface area (Å²) in [6.45, 7) is 1.02. The molecule has 1 aliphatic heterocycles. The molecule has 1 aliphatic carbocycles. The molecule has 0 spiro atoms. The topological polar surface area (TPSA) is 62.1 Å². The quantitative estimate of drug-likeness (QED) is 0.856. The van der Waals surface area contributed by atoms with Gasteiger partial charge in [-0.2, -0.15) is 23.3 Å². The maximum absolute atomic E-state index is 13.6. The summed E-state index contributed by atoms with van der Waals surface area (Å²) in [6, 6.07) is 4.68. The number of hydrazone groups is 1. The molecule has 1 aromatic rings. The van der Waals surface area contributed by atoms with E-state index in [1.165, 1.54) is 6.07 Å². The summed E-state index contributed by atoms with van der Waals surface area (Å²) in [5.74, 6) is -1.96.